The summed E-state index contributed by atoms with van der Waals surface area (Å²) in [5.74, 6) is -0.481. The first kappa shape index (κ1) is 16.1. The van der Waals surface area contributed by atoms with Crippen molar-refractivity contribution in [1.29, 1.82) is 0 Å². The summed E-state index contributed by atoms with van der Waals surface area (Å²) in [7, 11) is 0. The highest BCUT2D eigenvalue weighted by Crippen LogP contribution is 2.16. The first-order valence-corrected chi connectivity index (χ1v) is 7.21. The zero-order valence-corrected chi connectivity index (χ0v) is 12.5. The van der Waals surface area contributed by atoms with Gasteiger partial charge in [-0.05, 0) is 30.5 Å². The number of halogens is 2. The van der Waals surface area contributed by atoms with Gasteiger partial charge in [-0.3, -0.25) is 4.79 Å². The van der Waals surface area contributed by atoms with Crippen LogP contribution in [0, 0.1) is 5.82 Å². The minimum atomic E-state index is -0.502. The summed E-state index contributed by atoms with van der Waals surface area (Å²) in [6.45, 7) is 2.23. The molecule has 0 radical (unpaired) electrons. The molecule has 1 atom stereocenters. The highest BCUT2D eigenvalue weighted by atomic mass is 79.9. The van der Waals surface area contributed by atoms with Crippen LogP contribution < -0.4 is 5.32 Å². The van der Waals surface area contributed by atoms with E-state index in [4.69, 9.17) is 0 Å². The molecular formula is C14H19BrFNO2. The zero-order chi connectivity index (χ0) is 14.3. The lowest BCUT2D eigenvalue weighted by Gasteiger charge is -2.10. The molecular weight excluding hydrogens is 313 g/mol. The smallest absolute Gasteiger partial charge is 0.220 e. The summed E-state index contributed by atoms with van der Waals surface area (Å²) < 4.78 is 14.2. The molecule has 1 aromatic rings. The first-order chi connectivity index (χ1) is 9.02. The van der Waals surface area contributed by atoms with E-state index in [0.717, 1.165) is 6.42 Å². The van der Waals surface area contributed by atoms with Crippen molar-refractivity contribution < 1.29 is 14.3 Å². The molecule has 3 nitrogen and oxygen atoms in total. The third kappa shape index (κ3) is 6.16. The van der Waals surface area contributed by atoms with Crippen LogP contribution in [0.1, 0.15) is 31.7 Å². The molecule has 0 saturated heterocycles. The van der Waals surface area contributed by atoms with Crippen LogP contribution >= 0.6 is 15.9 Å². The number of benzene rings is 1. The largest absolute Gasteiger partial charge is 0.391 e. The number of amides is 1. The molecule has 0 aromatic heterocycles. The fraction of sp³-hybridized carbons (Fsp3) is 0.500. The van der Waals surface area contributed by atoms with E-state index in [-0.39, 0.29) is 24.7 Å². The molecule has 106 valence electrons. The Bertz CT molecular complexity index is 426. The van der Waals surface area contributed by atoms with Crippen molar-refractivity contribution >= 4 is 21.8 Å². The van der Waals surface area contributed by atoms with Gasteiger partial charge in [-0.2, -0.15) is 0 Å². The van der Waals surface area contributed by atoms with Gasteiger partial charge in [-0.15, -0.1) is 0 Å². The Morgan fingerprint density at radius 3 is 2.89 bits per heavy atom. The lowest BCUT2D eigenvalue weighted by Crippen LogP contribution is -2.32. The molecule has 5 heteroatoms. The van der Waals surface area contributed by atoms with Crippen molar-refractivity contribution in [2.45, 2.75) is 38.7 Å². The van der Waals surface area contributed by atoms with Crippen LogP contribution in [-0.4, -0.2) is 23.7 Å². The number of aryl methyl sites for hydroxylation is 1. The minimum absolute atomic E-state index is 0.169. The summed E-state index contributed by atoms with van der Waals surface area (Å²) in [6, 6.07) is 4.80. The second kappa shape index (κ2) is 8.27. The molecule has 1 amide bonds. The minimum Gasteiger partial charge on any atom is -0.391 e. The summed E-state index contributed by atoms with van der Waals surface area (Å²) >= 11 is 3.18. The van der Waals surface area contributed by atoms with Crippen LogP contribution in [0.2, 0.25) is 0 Å². The van der Waals surface area contributed by atoms with Gasteiger partial charge < -0.3 is 10.4 Å². The van der Waals surface area contributed by atoms with E-state index in [1.807, 2.05) is 6.92 Å². The molecule has 0 heterocycles. The topological polar surface area (TPSA) is 49.3 Å². The van der Waals surface area contributed by atoms with Crippen molar-refractivity contribution in [2.75, 3.05) is 6.54 Å². The number of hydrogen-bond acceptors (Lipinski definition) is 2. The fourth-order valence-electron chi connectivity index (χ4n) is 1.73. The standard InChI is InChI=1S/C14H19BrFNO2/c1-2-3-12(18)9-17-14(19)7-5-10-4-6-11(15)8-13(10)16/h4,6,8,12,18H,2-3,5,7,9H2,1H3,(H,17,19). The van der Waals surface area contributed by atoms with Crippen LogP contribution in [0.4, 0.5) is 4.39 Å². The maximum atomic E-state index is 13.5. The van der Waals surface area contributed by atoms with Crippen molar-refractivity contribution in [1.82, 2.24) is 5.32 Å². The summed E-state index contributed by atoms with van der Waals surface area (Å²) in [5.41, 5.74) is 0.521. The Morgan fingerprint density at radius 2 is 2.26 bits per heavy atom. The second-order valence-corrected chi connectivity index (χ2v) is 5.40. The van der Waals surface area contributed by atoms with Gasteiger partial charge in [-0.1, -0.05) is 35.3 Å². The number of carbonyl (C=O) groups is 1. The lowest BCUT2D eigenvalue weighted by molar-refractivity contribution is -0.121. The lowest BCUT2D eigenvalue weighted by atomic mass is 10.1. The number of rotatable bonds is 7. The molecule has 0 fully saturated rings. The molecule has 1 unspecified atom stereocenters. The third-order valence-corrected chi connectivity index (χ3v) is 3.29. The Hall–Kier alpha value is -0.940. The normalized spacial score (nSPS) is 12.2. The maximum Gasteiger partial charge on any atom is 0.220 e. The molecule has 0 bridgehead atoms. The van der Waals surface area contributed by atoms with Gasteiger partial charge in [0.2, 0.25) is 5.91 Å². The van der Waals surface area contributed by atoms with E-state index in [0.29, 0.717) is 22.9 Å². The summed E-state index contributed by atoms with van der Waals surface area (Å²) in [6.07, 6.45) is 1.62. The average molecular weight is 332 g/mol. The zero-order valence-electron chi connectivity index (χ0n) is 11.0. The molecule has 0 spiro atoms. The Morgan fingerprint density at radius 1 is 1.53 bits per heavy atom. The highest BCUT2D eigenvalue weighted by molar-refractivity contribution is 9.10. The molecule has 0 aliphatic rings. The molecule has 1 rings (SSSR count). The van der Waals surface area contributed by atoms with Gasteiger partial charge in [0, 0.05) is 17.4 Å². The summed E-state index contributed by atoms with van der Waals surface area (Å²) in [4.78, 5) is 11.5. The van der Waals surface area contributed by atoms with Gasteiger partial charge >= 0.3 is 0 Å². The highest BCUT2D eigenvalue weighted by Gasteiger charge is 2.08. The van der Waals surface area contributed by atoms with Gasteiger partial charge in [0.1, 0.15) is 5.82 Å². The van der Waals surface area contributed by atoms with E-state index in [1.54, 1.807) is 12.1 Å². The van der Waals surface area contributed by atoms with Gasteiger partial charge in [0.15, 0.2) is 0 Å². The molecule has 0 saturated carbocycles. The Kier molecular flexibility index (Phi) is 7.02. The van der Waals surface area contributed by atoms with Gasteiger partial charge in [-0.25, -0.2) is 4.39 Å². The number of nitrogens with one attached hydrogen (secondary N) is 1. The van der Waals surface area contributed by atoms with Crippen molar-refractivity contribution in [3.8, 4) is 0 Å². The number of aliphatic hydroxyl groups excluding tert-OH is 1. The second-order valence-electron chi connectivity index (χ2n) is 4.48. The van der Waals surface area contributed by atoms with Crippen LogP contribution in [-0.2, 0) is 11.2 Å². The van der Waals surface area contributed by atoms with Crippen molar-refractivity contribution in [2.24, 2.45) is 0 Å². The van der Waals surface area contributed by atoms with Crippen LogP contribution in [0.3, 0.4) is 0 Å². The molecule has 0 aliphatic heterocycles. The predicted molar refractivity (Wildman–Crippen MR) is 76.3 cm³/mol. The van der Waals surface area contributed by atoms with Crippen LogP contribution in [0.15, 0.2) is 22.7 Å². The van der Waals surface area contributed by atoms with Crippen LogP contribution in [0.25, 0.3) is 0 Å². The summed E-state index contributed by atoms with van der Waals surface area (Å²) in [5, 5.41) is 12.1. The number of aliphatic hydroxyl groups is 1. The first-order valence-electron chi connectivity index (χ1n) is 6.41. The van der Waals surface area contributed by atoms with Gasteiger partial charge in [0.25, 0.3) is 0 Å². The molecule has 19 heavy (non-hydrogen) atoms. The predicted octanol–water partition coefficient (Wildman–Crippen LogP) is 2.80. The van der Waals surface area contributed by atoms with Crippen LogP contribution in [0.5, 0.6) is 0 Å². The third-order valence-electron chi connectivity index (χ3n) is 2.79. The maximum absolute atomic E-state index is 13.5. The quantitative estimate of drug-likeness (QED) is 0.807. The average Bonchev–Trinajstić information content (AvgIpc) is 2.35. The molecule has 2 N–H and O–H groups in total. The Labute approximate surface area is 121 Å². The van der Waals surface area contributed by atoms with Gasteiger partial charge in [0.05, 0.1) is 6.10 Å². The fourth-order valence-corrected chi connectivity index (χ4v) is 2.06. The number of carbonyl (C=O) groups excluding carboxylic acids is 1. The Balaban J connectivity index is 2.33. The van der Waals surface area contributed by atoms with Crippen molar-refractivity contribution in [3.05, 3.63) is 34.1 Å². The van der Waals surface area contributed by atoms with Crippen molar-refractivity contribution in [3.63, 3.8) is 0 Å². The SMILES string of the molecule is CCCC(O)CNC(=O)CCc1ccc(Br)cc1F. The van der Waals surface area contributed by atoms with E-state index in [9.17, 15) is 14.3 Å². The van der Waals surface area contributed by atoms with E-state index >= 15 is 0 Å². The van der Waals surface area contributed by atoms with E-state index in [2.05, 4.69) is 21.2 Å². The number of hydrogen-bond donors (Lipinski definition) is 2. The molecule has 1 aromatic carbocycles. The van der Waals surface area contributed by atoms with E-state index in [1.165, 1.54) is 6.07 Å². The monoisotopic (exact) mass is 331 g/mol. The van der Waals surface area contributed by atoms with E-state index < -0.39 is 6.10 Å². The molecule has 0 aliphatic carbocycles.